The van der Waals surface area contributed by atoms with E-state index in [4.69, 9.17) is 19.9 Å². The lowest BCUT2D eigenvalue weighted by Crippen LogP contribution is -2.40. The first-order valence-electron chi connectivity index (χ1n) is 7.36. The average Bonchev–Trinajstić information content (AvgIpc) is 2.92. The molecule has 118 valence electrons. The quantitative estimate of drug-likeness (QED) is 0.867. The van der Waals surface area contributed by atoms with Crippen LogP contribution in [0.2, 0.25) is 0 Å². The number of rotatable bonds is 6. The summed E-state index contributed by atoms with van der Waals surface area (Å²) in [5.41, 5.74) is 7.39. The maximum absolute atomic E-state index is 6.35. The fourth-order valence-corrected chi connectivity index (χ4v) is 2.93. The highest BCUT2D eigenvalue weighted by atomic mass is 16.5. The summed E-state index contributed by atoms with van der Waals surface area (Å²) in [5, 5.41) is 0. The highest BCUT2D eigenvalue weighted by molar-refractivity contribution is 5.43. The predicted octanol–water partition coefficient (Wildman–Crippen LogP) is 1.81. The molecule has 3 unspecified atom stereocenters. The van der Waals surface area contributed by atoms with Crippen LogP contribution in [0.25, 0.3) is 0 Å². The van der Waals surface area contributed by atoms with Gasteiger partial charge in [0.2, 0.25) is 0 Å². The molecule has 1 aromatic carbocycles. The van der Waals surface area contributed by atoms with Crippen LogP contribution in [0.5, 0.6) is 11.5 Å². The summed E-state index contributed by atoms with van der Waals surface area (Å²) in [6.07, 6.45) is 1.34. The third-order valence-electron chi connectivity index (χ3n) is 4.22. The van der Waals surface area contributed by atoms with Gasteiger partial charge in [0.05, 0.1) is 20.3 Å². The lowest BCUT2D eigenvalue weighted by atomic mass is 10.0. The zero-order chi connectivity index (χ0) is 15.4. The first-order valence-corrected chi connectivity index (χ1v) is 7.36. The van der Waals surface area contributed by atoms with E-state index in [9.17, 15) is 0 Å². The standard InChI is InChI=1S/C16H26N2O3/c1-11-14(7-8-21-11)18(2)10-13(17)12-5-6-15(19-3)16(9-12)20-4/h5-6,9,11,13-14H,7-8,10,17H2,1-4H3. The molecule has 5 heteroatoms. The molecule has 0 bridgehead atoms. The van der Waals surface area contributed by atoms with Gasteiger partial charge in [-0.1, -0.05) is 6.07 Å². The molecule has 2 N–H and O–H groups in total. The van der Waals surface area contributed by atoms with Gasteiger partial charge in [0.15, 0.2) is 11.5 Å². The summed E-state index contributed by atoms with van der Waals surface area (Å²) in [5.74, 6) is 1.44. The number of hydrogen-bond acceptors (Lipinski definition) is 5. The number of hydrogen-bond donors (Lipinski definition) is 1. The molecule has 1 fully saturated rings. The Bertz CT molecular complexity index is 467. The van der Waals surface area contributed by atoms with Gasteiger partial charge in [0.25, 0.3) is 0 Å². The van der Waals surface area contributed by atoms with Gasteiger partial charge in [-0.15, -0.1) is 0 Å². The van der Waals surface area contributed by atoms with E-state index in [-0.39, 0.29) is 12.1 Å². The van der Waals surface area contributed by atoms with Crippen molar-refractivity contribution in [2.45, 2.75) is 31.5 Å². The minimum Gasteiger partial charge on any atom is -0.493 e. The van der Waals surface area contributed by atoms with Gasteiger partial charge in [-0.25, -0.2) is 0 Å². The Morgan fingerprint density at radius 2 is 2.05 bits per heavy atom. The normalized spacial score (nSPS) is 23.3. The minimum atomic E-state index is -0.0670. The van der Waals surface area contributed by atoms with Gasteiger partial charge in [-0.05, 0) is 38.1 Å². The number of benzene rings is 1. The summed E-state index contributed by atoms with van der Waals surface area (Å²) in [4.78, 5) is 2.29. The fourth-order valence-electron chi connectivity index (χ4n) is 2.93. The van der Waals surface area contributed by atoms with Crippen molar-refractivity contribution in [1.29, 1.82) is 0 Å². The van der Waals surface area contributed by atoms with Crippen molar-refractivity contribution >= 4 is 0 Å². The second-order valence-corrected chi connectivity index (χ2v) is 5.59. The van der Waals surface area contributed by atoms with Crippen molar-refractivity contribution in [3.05, 3.63) is 23.8 Å². The number of nitrogens with zero attached hydrogens (tertiary/aromatic N) is 1. The Labute approximate surface area is 127 Å². The summed E-state index contributed by atoms with van der Waals surface area (Å²) < 4.78 is 16.2. The van der Waals surface area contributed by atoms with Gasteiger partial charge < -0.3 is 19.9 Å². The van der Waals surface area contributed by atoms with E-state index < -0.39 is 0 Å². The molecule has 0 amide bonds. The summed E-state index contributed by atoms with van der Waals surface area (Å²) in [7, 11) is 5.38. The second-order valence-electron chi connectivity index (χ2n) is 5.59. The molecule has 0 aliphatic carbocycles. The maximum Gasteiger partial charge on any atom is 0.161 e. The van der Waals surface area contributed by atoms with Crippen molar-refractivity contribution in [3.63, 3.8) is 0 Å². The van der Waals surface area contributed by atoms with E-state index in [1.165, 1.54) is 0 Å². The molecule has 0 saturated carbocycles. The molecule has 3 atom stereocenters. The summed E-state index contributed by atoms with van der Waals surface area (Å²) in [6, 6.07) is 6.22. The van der Waals surface area contributed by atoms with Crippen LogP contribution in [0.4, 0.5) is 0 Å². The Hall–Kier alpha value is -1.30. The van der Waals surface area contributed by atoms with Gasteiger partial charge in [0.1, 0.15) is 0 Å². The number of nitrogens with two attached hydrogens (primary N) is 1. The molecule has 1 aliphatic rings. The van der Waals surface area contributed by atoms with Crippen LogP contribution < -0.4 is 15.2 Å². The molecule has 1 aliphatic heterocycles. The monoisotopic (exact) mass is 294 g/mol. The third-order valence-corrected chi connectivity index (χ3v) is 4.22. The lowest BCUT2D eigenvalue weighted by Gasteiger charge is -2.29. The van der Waals surface area contributed by atoms with Crippen LogP contribution in [0.15, 0.2) is 18.2 Å². The highest BCUT2D eigenvalue weighted by Gasteiger charge is 2.28. The van der Waals surface area contributed by atoms with E-state index in [0.29, 0.717) is 11.8 Å². The number of likely N-dealkylation sites (N-methyl/N-ethyl adjacent to an activating group) is 1. The van der Waals surface area contributed by atoms with E-state index in [2.05, 4.69) is 18.9 Å². The first kappa shape index (κ1) is 16.1. The smallest absolute Gasteiger partial charge is 0.161 e. The third kappa shape index (κ3) is 3.67. The molecule has 1 saturated heterocycles. The van der Waals surface area contributed by atoms with Crippen LogP contribution in [-0.2, 0) is 4.74 Å². The predicted molar refractivity (Wildman–Crippen MR) is 82.9 cm³/mol. The molecule has 0 spiro atoms. The van der Waals surface area contributed by atoms with Gasteiger partial charge in [-0.2, -0.15) is 0 Å². The van der Waals surface area contributed by atoms with Crippen LogP contribution in [0.1, 0.15) is 24.9 Å². The van der Waals surface area contributed by atoms with Gasteiger partial charge >= 0.3 is 0 Å². The summed E-state index contributed by atoms with van der Waals surface area (Å²) in [6.45, 7) is 3.74. The van der Waals surface area contributed by atoms with Gasteiger partial charge in [0, 0.05) is 25.2 Å². The van der Waals surface area contributed by atoms with Crippen molar-refractivity contribution in [3.8, 4) is 11.5 Å². The Morgan fingerprint density at radius 3 is 2.62 bits per heavy atom. The lowest BCUT2D eigenvalue weighted by molar-refractivity contribution is 0.0818. The van der Waals surface area contributed by atoms with E-state index >= 15 is 0 Å². The maximum atomic E-state index is 6.35. The Balaban J connectivity index is 2.04. The minimum absolute atomic E-state index is 0.0670. The second kappa shape index (κ2) is 7.11. The van der Waals surface area contributed by atoms with Crippen molar-refractivity contribution in [2.75, 3.05) is 34.4 Å². The zero-order valence-corrected chi connectivity index (χ0v) is 13.3. The van der Waals surface area contributed by atoms with E-state index in [1.54, 1.807) is 14.2 Å². The molecular weight excluding hydrogens is 268 g/mol. The van der Waals surface area contributed by atoms with E-state index in [1.807, 2.05) is 18.2 Å². The van der Waals surface area contributed by atoms with Crippen molar-refractivity contribution in [2.24, 2.45) is 5.73 Å². The van der Waals surface area contributed by atoms with Crippen molar-refractivity contribution in [1.82, 2.24) is 4.90 Å². The SMILES string of the molecule is COc1ccc(C(N)CN(C)C2CCOC2C)cc1OC. The van der Waals surface area contributed by atoms with Gasteiger partial charge in [-0.3, -0.25) is 4.90 Å². The topological polar surface area (TPSA) is 57.0 Å². The van der Waals surface area contributed by atoms with E-state index in [0.717, 1.165) is 30.9 Å². The molecule has 1 heterocycles. The van der Waals surface area contributed by atoms with Crippen molar-refractivity contribution < 1.29 is 14.2 Å². The first-order chi connectivity index (χ1) is 10.1. The number of ether oxygens (including phenoxy) is 3. The highest BCUT2D eigenvalue weighted by Crippen LogP contribution is 2.30. The Kier molecular flexibility index (Phi) is 5.45. The molecule has 21 heavy (non-hydrogen) atoms. The largest absolute Gasteiger partial charge is 0.493 e. The zero-order valence-electron chi connectivity index (χ0n) is 13.3. The molecule has 1 aromatic rings. The van der Waals surface area contributed by atoms with Crippen LogP contribution in [0, 0.1) is 0 Å². The van der Waals surface area contributed by atoms with Crippen LogP contribution in [-0.4, -0.2) is 51.5 Å². The Morgan fingerprint density at radius 1 is 1.33 bits per heavy atom. The molecule has 0 radical (unpaired) electrons. The number of methoxy groups -OCH3 is 2. The fraction of sp³-hybridized carbons (Fsp3) is 0.625. The van der Waals surface area contributed by atoms with Crippen LogP contribution in [0.3, 0.4) is 0 Å². The van der Waals surface area contributed by atoms with Crippen LogP contribution >= 0.6 is 0 Å². The molecule has 2 rings (SSSR count). The molecular formula is C16H26N2O3. The molecule has 5 nitrogen and oxygen atoms in total. The average molecular weight is 294 g/mol. The molecule has 0 aromatic heterocycles. The summed E-state index contributed by atoms with van der Waals surface area (Å²) >= 11 is 0.